The van der Waals surface area contributed by atoms with Crippen LogP contribution in [-0.2, 0) is 12.2 Å². The molecule has 3 nitrogen and oxygen atoms in total. The minimum absolute atomic E-state index is 0.227. The minimum atomic E-state index is 0.227. The first-order valence-corrected chi connectivity index (χ1v) is 10.4. The Morgan fingerprint density at radius 3 is 2.74 bits per heavy atom. The molecule has 1 amide bonds. The van der Waals surface area contributed by atoms with Crippen molar-refractivity contribution in [2.75, 3.05) is 12.8 Å². The number of carbonyl (C=O) groups is 1. The van der Waals surface area contributed by atoms with E-state index in [-0.39, 0.29) is 5.91 Å². The van der Waals surface area contributed by atoms with Crippen LogP contribution in [0.2, 0.25) is 0 Å². The number of rotatable bonds is 3. The first-order chi connectivity index (χ1) is 11.3. The maximum absolute atomic E-state index is 13.3. The predicted octanol–water partition coefficient (Wildman–Crippen LogP) is 4.34. The van der Waals surface area contributed by atoms with Crippen LogP contribution in [-0.4, -0.2) is 34.2 Å². The third-order valence-corrected chi connectivity index (χ3v) is 7.46. The lowest BCUT2D eigenvalue weighted by molar-refractivity contribution is 0.0734. The number of thioether (sulfide) groups is 1. The highest BCUT2D eigenvalue weighted by Gasteiger charge is 2.31. The molecule has 0 saturated heterocycles. The fraction of sp³-hybridized carbons (Fsp3) is 0.500. The van der Waals surface area contributed by atoms with Gasteiger partial charge in [-0.25, -0.2) is 0 Å². The Hall–Kier alpha value is -1.20. The molecule has 1 saturated carbocycles. The zero-order chi connectivity index (χ0) is 15.8. The SMILES string of the molecule is CN(C(=O)c1c(-n2cccc2)sc2c1CCSC2)C1CCCC1. The van der Waals surface area contributed by atoms with E-state index in [1.54, 1.807) is 11.3 Å². The molecule has 2 aromatic rings. The van der Waals surface area contributed by atoms with Gasteiger partial charge in [0.1, 0.15) is 5.00 Å². The lowest BCUT2D eigenvalue weighted by atomic mass is 10.1. The Kier molecular flexibility index (Phi) is 4.24. The second-order valence-electron chi connectivity index (χ2n) is 6.43. The number of carbonyl (C=O) groups excluding carboxylic acids is 1. The zero-order valence-corrected chi connectivity index (χ0v) is 15.1. The lowest BCUT2D eigenvalue weighted by Gasteiger charge is -2.25. The smallest absolute Gasteiger partial charge is 0.257 e. The maximum atomic E-state index is 13.3. The van der Waals surface area contributed by atoms with Gasteiger partial charge in [-0.2, -0.15) is 11.8 Å². The Morgan fingerprint density at radius 2 is 2.00 bits per heavy atom. The van der Waals surface area contributed by atoms with Gasteiger partial charge in [-0.05, 0) is 42.7 Å². The lowest BCUT2D eigenvalue weighted by Crippen LogP contribution is -2.36. The summed E-state index contributed by atoms with van der Waals surface area (Å²) in [5, 5.41) is 1.11. The van der Waals surface area contributed by atoms with E-state index in [2.05, 4.69) is 17.0 Å². The van der Waals surface area contributed by atoms with Gasteiger partial charge in [0.05, 0.1) is 5.56 Å². The summed E-state index contributed by atoms with van der Waals surface area (Å²) in [5.74, 6) is 2.40. The monoisotopic (exact) mass is 346 g/mol. The van der Waals surface area contributed by atoms with E-state index < -0.39 is 0 Å². The van der Waals surface area contributed by atoms with Crippen LogP contribution in [0, 0.1) is 0 Å². The highest BCUT2D eigenvalue weighted by molar-refractivity contribution is 7.98. The van der Waals surface area contributed by atoms with E-state index in [1.807, 2.05) is 35.8 Å². The summed E-state index contributed by atoms with van der Waals surface area (Å²) in [6.45, 7) is 0. The summed E-state index contributed by atoms with van der Waals surface area (Å²) in [7, 11) is 2.00. The average molecular weight is 347 g/mol. The van der Waals surface area contributed by atoms with Crippen molar-refractivity contribution in [3.05, 3.63) is 40.5 Å². The summed E-state index contributed by atoms with van der Waals surface area (Å²) < 4.78 is 2.11. The van der Waals surface area contributed by atoms with E-state index in [0.29, 0.717) is 6.04 Å². The molecule has 0 atom stereocenters. The van der Waals surface area contributed by atoms with Crippen LogP contribution in [0.4, 0.5) is 0 Å². The third-order valence-electron chi connectivity index (χ3n) is 5.05. The largest absolute Gasteiger partial charge is 0.339 e. The van der Waals surface area contributed by atoms with Crippen molar-refractivity contribution in [3.63, 3.8) is 0 Å². The number of thiophene rings is 1. The number of aromatic nitrogens is 1. The van der Waals surface area contributed by atoms with Gasteiger partial charge in [0.2, 0.25) is 0 Å². The number of hydrogen-bond acceptors (Lipinski definition) is 3. The van der Waals surface area contributed by atoms with Crippen LogP contribution in [0.5, 0.6) is 0 Å². The Bertz CT molecular complexity index is 699. The standard InChI is InChI=1S/C18H22N2OS2/c1-19(13-6-2-3-7-13)17(21)16-14-8-11-22-12-15(14)23-18(16)20-9-4-5-10-20/h4-5,9-10,13H,2-3,6-8,11-12H2,1H3. The molecule has 0 bridgehead atoms. The maximum Gasteiger partial charge on any atom is 0.257 e. The molecule has 3 heterocycles. The third kappa shape index (κ3) is 2.74. The minimum Gasteiger partial charge on any atom is -0.339 e. The van der Waals surface area contributed by atoms with Crippen molar-refractivity contribution in [1.29, 1.82) is 0 Å². The summed E-state index contributed by atoms with van der Waals surface area (Å²) in [6.07, 6.45) is 9.95. The van der Waals surface area contributed by atoms with Gasteiger partial charge in [0.15, 0.2) is 0 Å². The van der Waals surface area contributed by atoms with Crippen LogP contribution in [0.3, 0.4) is 0 Å². The zero-order valence-electron chi connectivity index (χ0n) is 13.5. The molecule has 2 aromatic heterocycles. The highest BCUT2D eigenvalue weighted by atomic mass is 32.2. The van der Waals surface area contributed by atoms with E-state index in [4.69, 9.17) is 0 Å². The van der Waals surface area contributed by atoms with Gasteiger partial charge in [-0.3, -0.25) is 4.79 Å². The molecule has 1 aliphatic heterocycles. The summed E-state index contributed by atoms with van der Waals surface area (Å²) >= 11 is 3.78. The number of amides is 1. The molecule has 4 rings (SSSR count). The summed E-state index contributed by atoms with van der Waals surface area (Å²) in [6, 6.07) is 4.48. The van der Waals surface area contributed by atoms with Crippen LogP contribution in [0.1, 0.15) is 46.5 Å². The van der Waals surface area contributed by atoms with Crippen molar-refractivity contribution in [2.24, 2.45) is 0 Å². The van der Waals surface area contributed by atoms with Gasteiger partial charge < -0.3 is 9.47 Å². The first kappa shape index (κ1) is 15.3. The van der Waals surface area contributed by atoms with E-state index in [9.17, 15) is 4.79 Å². The molecule has 5 heteroatoms. The molecule has 1 aliphatic carbocycles. The first-order valence-electron chi connectivity index (χ1n) is 8.38. The topological polar surface area (TPSA) is 25.2 Å². The van der Waals surface area contributed by atoms with Crippen LogP contribution >= 0.6 is 23.1 Å². The van der Waals surface area contributed by atoms with Crippen molar-refractivity contribution >= 4 is 29.0 Å². The summed E-state index contributed by atoms with van der Waals surface area (Å²) in [5.41, 5.74) is 2.28. The molecular weight excluding hydrogens is 324 g/mol. The van der Waals surface area contributed by atoms with Crippen molar-refractivity contribution in [1.82, 2.24) is 9.47 Å². The number of nitrogens with zero attached hydrogens (tertiary/aromatic N) is 2. The Labute approximate surface area is 145 Å². The fourth-order valence-electron chi connectivity index (χ4n) is 3.72. The molecule has 122 valence electrons. The average Bonchev–Trinajstić information content (AvgIpc) is 3.32. The predicted molar refractivity (Wildman–Crippen MR) is 97.9 cm³/mol. The van der Waals surface area contributed by atoms with E-state index in [0.717, 1.165) is 41.3 Å². The second-order valence-corrected chi connectivity index (χ2v) is 8.62. The van der Waals surface area contributed by atoms with Crippen LogP contribution in [0.25, 0.3) is 5.00 Å². The molecular formula is C18H22N2OS2. The fourth-order valence-corrected chi connectivity index (χ4v) is 6.16. The molecule has 23 heavy (non-hydrogen) atoms. The number of hydrogen-bond donors (Lipinski definition) is 0. The molecule has 0 N–H and O–H groups in total. The van der Waals surface area contributed by atoms with Crippen molar-refractivity contribution in [3.8, 4) is 5.00 Å². The van der Waals surface area contributed by atoms with Gasteiger partial charge in [-0.1, -0.05) is 12.8 Å². The van der Waals surface area contributed by atoms with Gasteiger partial charge in [0, 0.05) is 36.1 Å². The number of fused-ring (bicyclic) bond motifs is 1. The Morgan fingerprint density at radius 1 is 1.26 bits per heavy atom. The van der Waals surface area contributed by atoms with Crippen LogP contribution in [0.15, 0.2) is 24.5 Å². The molecule has 1 fully saturated rings. The molecule has 0 radical (unpaired) electrons. The quantitative estimate of drug-likeness (QED) is 0.826. The summed E-state index contributed by atoms with van der Waals surface area (Å²) in [4.78, 5) is 16.7. The van der Waals surface area contributed by atoms with Gasteiger partial charge in [0.25, 0.3) is 5.91 Å². The highest BCUT2D eigenvalue weighted by Crippen LogP contribution is 2.39. The normalized spacial score (nSPS) is 18.1. The van der Waals surface area contributed by atoms with Crippen molar-refractivity contribution < 1.29 is 4.79 Å². The second kappa shape index (κ2) is 6.36. The van der Waals surface area contributed by atoms with Gasteiger partial charge >= 0.3 is 0 Å². The molecule has 0 aromatic carbocycles. The van der Waals surface area contributed by atoms with E-state index in [1.165, 1.54) is 23.3 Å². The molecule has 0 spiro atoms. The van der Waals surface area contributed by atoms with Crippen molar-refractivity contribution in [2.45, 2.75) is 43.9 Å². The van der Waals surface area contributed by atoms with Crippen LogP contribution < -0.4 is 0 Å². The van der Waals surface area contributed by atoms with Gasteiger partial charge in [-0.15, -0.1) is 11.3 Å². The molecule has 2 aliphatic rings. The molecule has 0 unspecified atom stereocenters. The van der Waals surface area contributed by atoms with E-state index >= 15 is 0 Å². The Balaban J connectivity index is 1.76.